The Morgan fingerprint density at radius 1 is 1.03 bits per heavy atom. The van der Waals surface area contributed by atoms with Crippen molar-refractivity contribution in [3.05, 3.63) is 47.5 Å². The van der Waals surface area contributed by atoms with Gasteiger partial charge in [-0.15, -0.1) is 11.8 Å². The lowest BCUT2D eigenvalue weighted by Crippen LogP contribution is -2.26. The molecule has 11 heteroatoms. The number of hydrogen-bond donors (Lipinski definition) is 2. The Morgan fingerprint density at radius 3 is 2.27 bits per heavy atom. The van der Waals surface area contributed by atoms with Gasteiger partial charge in [0, 0.05) is 17.8 Å². The summed E-state index contributed by atoms with van der Waals surface area (Å²) in [5, 5.41) is 4.52. The number of alkyl halides is 2. The van der Waals surface area contributed by atoms with Crippen LogP contribution >= 0.6 is 11.8 Å². The number of methoxy groups -OCH3 is 2. The van der Waals surface area contributed by atoms with Crippen LogP contribution in [0.2, 0.25) is 0 Å². The number of thioether (sulfide) groups is 1. The first-order valence-electron chi connectivity index (χ1n) is 9.68. The van der Waals surface area contributed by atoms with E-state index in [4.69, 9.17) is 4.74 Å². The molecule has 0 spiro atoms. The van der Waals surface area contributed by atoms with Gasteiger partial charge in [-0.2, -0.15) is 8.78 Å². The van der Waals surface area contributed by atoms with E-state index in [1.54, 1.807) is 19.1 Å². The first kappa shape index (κ1) is 25.9. The van der Waals surface area contributed by atoms with Gasteiger partial charge in [-0.3, -0.25) is 9.59 Å². The fourth-order valence-corrected chi connectivity index (χ4v) is 3.32. The van der Waals surface area contributed by atoms with Crippen LogP contribution in [-0.4, -0.2) is 49.6 Å². The van der Waals surface area contributed by atoms with Gasteiger partial charge in [0.1, 0.15) is 0 Å². The number of esters is 1. The van der Waals surface area contributed by atoms with Gasteiger partial charge in [0.05, 0.1) is 36.5 Å². The molecule has 2 amide bonds. The maximum Gasteiger partial charge on any atom is 0.387 e. The number of rotatable bonds is 10. The second-order valence-electron chi connectivity index (χ2n) is 6.78. The molecule has 0 fully saturated rings. The highest BCUT2D eigenvalue weighted by atomic mass is 32.2. The average Bonchev–Trinajstić information content (AvgIpc) is 2.78. The van der Waals surface area contributed by atoms with E-state index in [-0.39, 0.29) is 34.4 Å². The Labute approximate surface area is 194 Å². The highest BCUT2D eigenvalue weighted by molar-refractivity contribution is 8.01. The number of hydrogen-bond acceptors (Lipinski definition) is 7. The Kier molecular flexibility index (Phi) is 9.46. The summed E-state index contributed by atoms with van der Waals surface area (Å²) < 4.78 is 39.6. The van der Waals surface area contributed by atoms with Gasteiger partial charge in [0.15, 0.2) is 11.5 Å². The zero-order valence-corrected chi connectivity index (χ0v) is 19.3. The number of halogens is 2. The van der Waals surface area contributed by atoms with Crippen LogP contribution in [0, 0.1) is 6.92 Å². The highest BCUT2D eigenvalue weighted by Gasteiger charge is 2.23. The highest BCUT2D eigenvalue weighted by Crippen LogP contribution is 2.35. The van der Waals surface area contributed by atoms with Crippen LogP contribution in [0.15, 0.2) is 36.4 Å². The topological polar surface area (TPSA) is 103 Å². The van der Waals surface area contributed by atoms with Crippen molar-refractivity contribution in [2.24, 2.45) is 0 Å². The van der Waals surface area contributed by atoms with Gasteiger partial charge in [-0.25, -0.2) is 4.79 Å². The fraction of sp³-hybridized carbons (Fsp3) is 0.318. The zero-order valence-electron chi connectivity index (χ0n) is 18.4. The number of ether oxygens (including phenoxy) is 3. The molecule has 0 radical (unpaired) electrons. The molecule has 0 heterocycles. The lowest BCUT2D eigenvalue weighted by molar-refractivity contribution is -0.115. The van der Waals surface area contributed by atoms with E-state index >= 15 is 0 Å². The first-order valence-corrected chi connectivity index (χ1v) is 10.7. The lowest BCUT2D eigenvalue weighted by Gasteiger charge is -2.17. The monoisotopic (exact) mass is 482 g/mol. The Balaban J connectivity index is 2.09. The normalized spacial score (nSPS) is 11.5. The van der Waals surface area contributed by atoms with E-state index in [1.165, 1.54) is 7.11 Å². The quantitative estimate of drug-likeness (QED) is 0.492. The molecule has 1 atom stereocenters. The summed E-state index contributed by atoms with van der Waals surface area (Å²) in [6.07, 6.45) is 0. The molecule has 0 saturated carbocycles. The fourth-order valence-electron chi connectivity index (χ4n) is 2.63. The molecular weight excluding hydrogens is 458 g/mol. The predicted octanol–water partition coefficient (Wildman–Crippen LogP) is 4.09. The third kappa shape index (κ3) is 7.63. The molecule has 2 aromatic carbocycles. The number of carbonyl (C=O) groups is 3. The van der Waals surface area contributed by atoms with Crippen LogP contribution in [0.1, 0.15) is 22.8 Å². The van der Waals surface area contributed by atoms with E-state index < -0.39 is 23.7 Å². The SMILES string of the molecule is COC(=O)c1cc(OC)c(OC(F)F)cc1NC(=O)C(C)SCC(=O)Nc1ccc(C)cc1. The lowest BCUT2D eigenvalue weighted by atomic mass is 10.1. The van der Waals surface area contributed by atoms with Crippen molar-refractivity contribution in [2.45, 2.75) is 25.7 Å². The molecule has 0 aliphatic rings. The second-order valence-corrected chi connectivity index (χ2v) is 8.10. The number of benzene rings is 2. The van der Waals surface area contributed by atoms with E-state index in [0.717, 1.165) is 36.6 Å². The van der Waals surface area contributed by atoms with E-state index in [1.807, 2.05) is 19.1 Å². The average molecular weight is 483 g/mol. The van der Waals surface area contributed by atoms with Gasteiger partial charge in [0.2, 0.25) is 11.8 Å². The largest absolute Gasteiger partial charge is 0.493 e. The van der Waals surface area contributed by atoms with Crippen LogP contribution in [0.3, 0.4) is 0 Å². The summed E-state index contributed by atoms with van der Waals surface area (Å²) >= 11 is 1.06. The van der Waals surface area contributed by atoms with Crippen molar-refractivity contribution < 1.29 is 37.4 Å². The van der Waals surface area contributed by atoms with E-state index in [2.05, 4.69) is 20.1 Å². The third-order valence-corrected chi connectivity index (χ3v) is 5.49. The molecule has 0 aliphatic heterocycles. The first-order chi connectivity index (χ1) is 15.6. The number of amides is 2. The summed E-state index contributed by atoms with van der Waals surface area (Å²) in [5.74, 6) is -2.17. The molecule has 33 heavy (non-hydrogen) atoms. The third-order valence-electron chi connectivity index (χ3n) is 4.35. The molecule has 0 aromatic heterocycles. The van der Waals surface area contributed by atoms with E-state index in [0.29, 0.717) is 5.69 Å². The Morgan fingerprint density at radius 2 is 1.70 bits per heavy atom. The Hall–Kier alpha value is -3.34. The molecular formula is C22H24F2N2O6S. The molecule has 1 unspecified atom stereocenters. The van der Waals surface area contributed by atoms with Crippen molar-refractivity contribution >= 4 is 40.9 Å². The minimum absolute atomic E-state index is 0.00528. The maximum absolute atomic E-state index is 12.7. The number of anilines is 2. The molecule has 2 aromatic rings. The van der Waals surface area contributed by atoms with Crippen molar-refractivity contribution in [3.63, 3.8) is 0 Å². The second kappa shape index (κ2) is 12.0. The minimum Gasteiger partial charge on any atom is -0.493 e. The van der Waals surface area contributed by atoms with Gasteiger partial charge < -0.3 is 24.8 Å². The van der Waals surface area contributed by atoms with Gasteiger partial charge in [-0.05, 0) is 26.0 Å². The summed E-state index contributed by atoms with van der Waals surface area (Å²) in [4.78, 5) is 36.9. The predicted molar refractivity (Wildman–Crippen MR) is 121 cm³/mol. The number of aryl methyl sites for hydroxylation is 1. The zero-order chi connectivity index (χ0) is 24.5. The maximum atomic E-state index is 12.7. The molecule has 2 rings (SSSR count). The van der Waals surface area contributed by atoms with E-state index in [9.17, 15) is 23.2 Å². The smallest absolute Gasteiger partial charge is 0.387 e. The molecule has 0 aliphatic carbocycles. The van der Waals surface area contributed by atoms with Crippen molar-refractivity contribution in [1.82, 2.24) is 0 Å². The summed E-state index contributed by atoms with van der Waals surface area (Å²) in [7, 11) is 2.35. The summed E-state index contributed by atoms with van der Waals surface area (Å²) in [5.41, 5.74) is 1.48. The van der Waals surface area contributed by atoms with Crippen molar-refractivity contribution in [3.8, 4) is 11.5 Å². The number of carbonyl (C=O) groups excluding carboxylic acids is 3. The molecule has 0 saturated heterocycles. The van der Waals surface area contributed by atoms with Crippen molar-refractivity contribution in [1.29, 1.82) is 0 Å². The Bertz CT molecular complexity index is 1000. The van der Waals surface area contributed by atoms with Crippen LogP contribution in [0.4, 0.5) is 20.2 Å². The minimum atomic E-state index is -3.15. The molecule has 8 nitrogen and oxygen atoms in total. The molecule has 0 bridgehead atoms. The van der Waals surface area contributed by atoms with Gasteiger partial charge in [-0.1, -0.05) is 17.7 Å². The summed E-state index contributed by atoms with van der Waals surface area (Å²) in [6.45, 7) is 0.350. The van der Waals surface area contributed by atoms with Crippen LogP contribution in [0.5, 0.6) is 11.5 Å². The van der Waals surface area contributed by atoms with Gasteiger partial charge in [0.25, 0.3) is 0 Å². The van der Waals surface area contributed by atoms with Crippen molar-refractivity contribution in [2.75, 3.05) is 30.6 Å². The standard InChI is InChI=1S/C22H24F2N2O6S/c1-12-5-7-14(8-6-12)25-19(27)11-33-13(2)20(28)26-16-10-18(32-22(23)24)17(30-3)9-15(16)21(29)31-4/h5-10,13,22H,11H2,1-4H3,(H,25,27)(H,26,28). The van der Waals surface area contributed by atoms with Crippen LogP contribution < -0.4 is 20.1 Å². The van der Waals surface area contributed by atoms with Crippen LogP contribution in [-0.2, 0) is 14.3 Å². The molecule has 178 valence electrons. The summed E-state index contributed by atoms with van der Waals surface area (Å²) in [6, 6.07) is 9.44. The molecule has 2 N–H and O–H groups in total. The van der Waals surface area contributed by atoms with Gasteiger partial charge >= 0.3 is 12.6 Å². The van der Waals surface area contributed by atoms with Crippen LogP contribution in [0.25, 0.3) is 0 Å². The number of nitrogens with one attached hydrogen (secondary N) is 2.